The van der Waals surface area contributed by atoms with E-state index in [1.165, 1.54) is 0 Å². The average Bonchev–Trinajstić information content (AvgIpc) is 2.74. The van der Waals surface area contributed by atoms with Gasteiger partial charge in [0.05, 0.1) is 20.6 Å². The molecule has 0 aliphatic heterocycles. The van der Waals surface area contributed by atoms with E-state index >= 15 is 0 Å². The summed E-state index contributed by atoms with van der Waals surface area (Å²) in [6.45, 7) is 0.660. The van der Waals surface area contributed by atoms with Crippen LogP contribution in [0.2, 0.25) is 0 Å². The minimum absolute atomic E-state index is 0.0557. The second-order valence-electron chi connectivity index (χ2n) is 6.32. The molecule has 0 aliphatic rings. The van der Waals surface area contributed by atoms with Gasteiger partial charge in [0, 0.05) is 23.5 Å². The third kappa shape index (κ3) is 5.27. The molecule has 0 aliphatic carbocycles. The van der Waals surface area contributed by atoms with Gasteiger partial charge in [-0.25, -0.2) is 0 Å². The first-order chi connectivity index (χ1) is 13.7. The van der Waals surface area contributed by atoms with Crippen molar-refractivity contribution in [2.75, 3.05) is 24.9 Å². The molecule has 144 valence electrons. The number of hydrogen-bond acceptors (Lipinski definition) is 4. The van der Waals surface area contributed by atoms with E-state index in [4.69, 9.17) is 9.47 Å². The van der Waals surface area contributed by atoms with E-state index in [1.807, 2.05) is 72.8 Å². The maximum absolute atomic E-state index is 12.2. The van der Waals surface area contributed by atoms with Crippen molar-refractivity contribution in [1.82, 2.24) is 0 Å². The molecule has 1 amide bonds. The van der Waals surface area contributed by atoms with Crippen molar-refractivity contribution in [3.05, 3.63) is 83.9 Å². The van der Waals surface area contributed by atoms with Gasteiger partial charge in [-0.3, -0.25) is 4.79 Å². The van der Waals surface area contributed by atoms with Gasteiger partial charge in [0.15, 0.2) is 0 Å². The summed E-state index contributed by atoms with van der Waals surface area (Å²) in [6.07, 6.45) is 0.317. The number of anilines is 2. The van der Waals surface area contributed by atoms with Crippen LogP contribution in [-0.2, 0) is 17.8 Å². The van der Waals surface area contributed by atoms with E-state index in [9.17, 15) is 4.79 Å². The summed E-state index contributed by atoms with van der Waals surface area (Å²) in [7, 11) is 3.29. The summed E-state index contributed by atoms with van der Waals surface area (Å²) in [5.41, 5.74) is 3.76. The Hall–Kier alpha value is -3.47. The van der Waals surface area contributed by atoms with Crippen LogP contribution in [0.15, 0.2) is 72.8 Å². The van der Waals surface area contributed by atoms with Crippen molar-refractivity contribution in [3.8, 4) is 11.5 Å². The molecule has 0 bridgehead atoms. The van der Waals surface area contributed by atoms with Crippen molar-refractivity contribution in [2.45, 2.75) is 13.0 Å². The van der Waals surface area contributed by atoms with E-state index in [0.29, 0.717) is 13.0 Å². The number of hydrogen-bond donors (Lipinski definition) is 2. The Morgan fingerprint density at radius 1 is 0.821 bits per heavy atom. The van der Waals surface area contributed by atoms with Crippen LogP contribution in [0, 0.1) is 0 Å². The molecule has 3 rings (SSSR count). The molecular weight excluding hydrogens is 352 g/mol. The number of ether oxygens (including phenoxy) is 2. The largest absolute Gasteiger partial charge is 0.497 e. The summed E-state index contributed by atoms with van der Waals surface area (Å²) in [4.78, 5) is 12.2. The first-order valence-electron chi connectivity index (χ1n) is 9.06. The van der Waals surface area contributed by atoms with Crippen LogP contribution in [0.4, 0.5) is 11.4 Å². The summed E-state index contributed by atoms with van der Waals surface area (Å²) >= 11 is 0. The molecule has 0 aromatic heterocycles. The van der Waals surface area contributed by atoms with Crippen LogP contribution < -0.4 is 20.1 Å². The molecule has 0 saturated carbocycles. The molecule has 0 heterocycles. The fourth-order valence-electron chi connectivity index (χ4n) is 2.85. The van der Waals surface area contributed by atoms with Crippen LogP contribution in [0.3, 0.4) is 0 Å². The van der Waals surface area contributed by atoms with E-state index < -0.39 is 0 Å². The Morgan fingerprint density at radius 3 is 2.18 bits per heavy atom. The molecule has 28 heavy (non-hydrogen) atoms. The predicted molar refractivity (Wildman–Crippen MR) is 112 cm³/mol. The zero-order valence-corrected chi connectivity index (χ0v) is 16.1. The van der Waals surface area contributed by atoms with Crippen LogP contribution in [0.25, 0.3) is 0 Å². The van der Waals surface area contributed by atoms with Gasteiger partial charge in [-0.05, 0) is 48.0 Å². The molecule has 0 fully saturated rings. The lowest BCUT2D eigenvalue weighted by Crippen LogP contribution is -2.14. The molecule has 5 heteroatoms. The third-order valence-corrected chi connectivity index (χ3v) is 4.37. The Balaban J connectivity index is 1.52. The molecule has 0 atom stereocenters. The van der Waals surface area contributed by atoms with Gasteiger partial charge in [0.2, 0.25) is 5.91 Å². The fraction of sp³-hybridized carbons (Fsp3) is 0.174. The molecule has 0 radical (unpaired) electrons. The number of nitrogens with one attached hydrogen (secondary N) is 2. The highest BCUT2D eigenvalue weighted by Gasteiger charge is 2.05. The van der Waals surface area contributed by atoms with E-state index in [-0.39, 0.29) is 5.91 Å². The Labute approximate surface area is 165 Å². The zero-order chi connectivity index (χ0) is 19.8. The third-order valence-electron chi connectivity index (χ3n) is 4.37. The molecule has 5 nitrogen and oxygen atoms in total. The molecule has 2 N–H and O–H groups in total. The predicted octanol–water partition coefficient (Wildman–Crippen LogP) is 4.50. The Kier molecular flexibility index (Phi) is 6.52. The van der Waals surface area contributed by atoms with Crippen molar-refractivity contribution < 1.29 is 14.3 Å². The SMILES string of the molecule is COc1ccc(CC(=O)Nc2ccc(NCc3ccccc3OC)cc2)cc1. The molecule has 3 aromatic carbocycles. The Bertz CT molecular complexity index is 906. The quantitative estimate of drug-likeness (QED) is 0.608. The van der Waals surface area contributed by atoms with Gasteiger partial charge < -0.3 is 20.1 Å². The lowest BCUT2D eigenvalue weighted by atomic mass is 10.1. The van der Waals surface area contributed by atoms with E-state index in [2.05, 4.69) is 10.6 Å². The number of rotatable bonds is 8. The molecule has 0 saturated heterocycles. The number of methoxy groups -OCH3 is 2. The Morgan fingerprint density at radius 2 is 1.50 bits per heavy atom. The first-order valence-corrected chi connectivity index (χ1v) is 9.06. The smallest absolute Gasteiger partial charge is 0.228 e. The van der Waals surface area contributed by atoms with Gasteiger partial charge in [0.1, 0.15) is 11.5 Å². The molecular formula is C23H24N2O3. The maximum Gasteiger partial charge on any atom is 0.228 e. The number of carbonyl (C=O) groups is 1. The molecule has 0 unspecified atom stereocenters. The van der Waals surface area contributed by atoms with Crippen molar-refractivity contribution in [3.63, 3.8) is 0 Å². The average molecular weight is 376 g/mol. The second-order valence-corrected chi connectivity index (χ2v) is 6.32. The maximum atomic E-state index is 12.2. The second kappa shape index (κ2) is 9.46. The normalized spacial score (nSPS) is 10.2. The topological polar surface area (TPSA) is 59.6 Å². The monoisotopic (exact) mass is 376 g/mol. The van der Waals surface area contributed by atoms with Crippen LogP contribution in [0.1, 0.15) is 11.1 Å². The first kappa shape index (κ1) is 19.3. The van der Waals surface area contributed by atoms with Crippen molar-refractivity contribution in [1.29, 1.82) is 0 Å². The fourth-order valence-corrected chi connectivity index (χ4v) is 2.85. The van der Waals surface area contributed by atoms with Crippen LogP contribution in [-0.4, -0.2) is 20.1 Å². The highest BCUT2D eigenvalue weighted by Crippen LogP contribution is 2.20. The highest BCUT2D eigenvalue weighted by molar-refractivity contribution is 5.92. The van der Waals surface area contributed by atoms with E-state index in [0.717, 1.165) is 34.0 Å². The highest BCUT2D eigenvalue weighted by atomic mass is 16.5. The minimum Gasteiger partial charge on any atom is -0.497 e. The molecule has 0 spiro atoms. The lowest BCUT2D eigenvalue weighted by molar-refractivity contribution is -0.115. The molecule has 3 aromatic rings. The van der Waals surface area contributed by atoms with Gasteiger partial charge in [0.25, 0.3) is 0 Å². The summed E-state index contributed by atoms with van der Waals surface area (Å²) < 4.78 is 10.5. The summed E-state index contributed by atoms with van der Waals surface area (Å²) in [5, 5.41) is 6.28. The summed E-state index contributed by atoms with van der Waals surface area (Å²) in [6, 6.07) is 23.1. The number of para-hydroxylation sites is 1. The van der Waals surface area contributed by atoms with Crippen molar-refractivity contribution >= 4 is 17.3 Å². The van der Waals surface area contributed by atoms with Gasteiger partial charge in [-0.15, -0.1) is 0 Å². The zero-order valence-electron chi connectivity index (χ0n) is 16.1. The lowest BCUT2D eigenvalue weighted by Gasteiger charge is -2.11. The van der Waals surface area contributed by atoms with Crippen molar-refractivity contribution in [2.24, 2.45) is 0 Å². The number of carbonyl (C=O) groups excluding carboxylic acids is 1. The van der Waals surface area contributed by atoms with E-state index in [1.54, 1.807) is 14.2 Å². The van der Waals surface area contributed by atoms with Gasteiger partial charge in [-0.1, -0.05) is 30.3 Å². The minimum atomic E-state index is -0.0557. The van der Waals surface area contributed by atoms with Gasteiger partial charge in [-0.2, -0.15) is 0 Å². The summed E-state index contributed by atoms with van der Waals surface area (Å²) in [5.74, 6) is 1.58. The number of benzene rings is 3. The number of amides is 1. The van der Waals surface area contributed by atoms with Crippen LogP contribution in [0.5, 0.6) is 11.5 Å². The van der Waals surface area contributed by atoms with Crippen LogP contribution >= 0.6 is 0 Å². The van der Waals surface area contributed by atoms with Gasteiger partial charge >= 0.3 is 0 Å². The standard InChI is InChI=1S/C23H24N2O3/c1-27-21-13-7-17(8-14-21)15-23(26)25-20-11-9-19(10-12-20)24-16-18-5-3-4-6-22(18)28-2/h3-14,24H,15-16H2,1-2H3,(H,25,26).